The smallest absolute Gasteiger partial charge is 0.394 e. The number of carbonyl (C=O) groups excluding carboxylic acids is 2. The number of rotatable bonds is 5. The lowest BCUT2D eigenvalue weighted by Crippen LogP contribution is -2.32. The van der Waals surface area contributed by atoms with Crippen molar-refractivity contribution in [1.82, 2.24) is 5.32 Å². The van der Waals surface area contributed by atoms with Crippen LogP contribution in [0.25, 0.3) is 0 Å². The summed E-state index contributed by atoms with van der Waals surface area (Å²) >= 11 is 12.3. The fraction of sp³-hybridized carbons (Fsp3) is 0.250. The first-order valence-electron chi connectivity index (χ1n) is 9.09. The van der Waals surface area contributed by atoms with Crippen molar-refractivity contribution in [2.45, 2.75) is 31.7 Å². The number of amides is 2. The highest BCUT2D eigenvalue weighted by atomic mass is 35.5. The Kier molecular flexibility index (Phi) is 6.69. The average Bonchev–Trinajstić information content (AvgIpc) is 3.18. The Morgan fingerprint density at radius 1 is 1.03 bits per heavy atom. The number of phenolic OH excluding ortho intramolecular Hbond substituents is 1. The van der Waals surface area contributed by atoms with E-state index in [1.54, 1.807) is 0 Å². The molecule has 0 unspecified atom stereocenters. The summed E-state index contributed by atoms with van der Waals surface area (Å²) in [7, 11) is 0. The van der Waals surface area contributed by atoms with E-state index in [1.807, 2.05) is 0 Å². The molecule has 158 valence electrons. The van der Waals surface area contributed by atoms with Crippen molar-refractivity contribution in [2.75, 3.05) is 5.32 Å². The predicted octanol–water partition coefficient (Wildman–Crippen LogP) is 4.19. The lowest BCUT2D eigenvalue weighted by atomic mass is 10.1. The normalized spacial score (nSPS) is 13.7. The zero-order valence-electron chi connectivity index (χ0n) is 15.6. The van der Waals surface area contributed by atoms with Crippen LogP contribution in [0.4, 0.5) is 5.69 Å². The van der Waals surface area contributed by atoms with Gasteiger partial charge in [-0.15, -0.1) is 0 Å². The summed E-state index contributed by atoms with van der Waals surface area (Å²) in [5.74, 6) is -3.26. The number of aromatic hydroxyl groups is 1. The van der Waals surface area contributed by atoms with Crippen LogP contribution < -0.4 is 15.4 Å². The second-order valence-electron chi connectivity index (χ2n) is 6.76. The van der Waals surface area contributed by atoms with Crippen LogP contribution in [0.5, 0.6) is 17.2 Å². The molecule has 3 rings (SSSR count). The van der Waals surface area contributed by atoms with Gasteiger partial charge in [-0.25, -0.2) is 4.79 Å². The van der Waals surface area contributed by atoms with E-state index in [4.69, 9.17) is 33.0 Å². The number of nitrogens with one attached hydrogen (secondary N) is 2. The number of aliphatic carboxylic acids is 1. The number of anilines is 1. The van der Waals surface area contributed by atoms with Crippen LogP contribution in [-0.4, -0.2) is 34.0 Å². The maximum Gasteiger partial charge on any atom is 0.394 e. The lowest BCUT2D eigenvalue weighted by Gasteiger charge is -2.15. The third-order valence-corrected chi connectivity index (χ3v) is 5.13. The van der Waals surface area contributed by atoms with Gasteiger partial charge in [-0.3, -0.25) is 9.59 Å². The Morgan fingerprint density at radius 3 is 2.27 bits per heavy atom. The third kappa shape index (κ3) is 5.14. The molecule has 0 atom stereocenters. The molecule has 8 nitrogen and oxygen atoms in total. The van der Waals surface area contributed by atoms with E-state index in [0.717, 1.165) is 25.7 Å². The van der Waals surface area contributed by atoms with Crippen LogP contribution in [-0.2, 0) is 9.59 Å². The highest BCUT2D eigenvalue weighted by Crippen LogP contribution is 2.39. The molecule has 1 aliphatic carbocycles. The molecule has 2 amide bonds. The summed E-state index contributed by atoms with van der Waals surface area (Å²) in [5.41, 5.74) is 0.129. The Labute approximate surface area is 181 Å². The van der Waals surface area contributed by atoms with E-state index in [1.165, 1.54) is 30.3 Å². The van der Waals surface area contributed by atoms with Crippen molar-refractivity contribution in [2.24, 2.45) is 0 Å². The average molecular weight is 453 g/mol. The van der Waals surface area contributed by atoms with Gasteiger partial charge in [0.25, 0.3) is 5.91 Å². The first-order chi connectivity index (χ1) is 14.2. The van der Waals surface area contributed by atoms with Gasteiger partial charge in [0.15, 0.2) is 5.75 Å². The van der Waals surface area contributed by atoms with Gasteiger partial charge in [0.2, 0.25) is 0 Å². The first kappa shape index (κ1) is 21.7. The number of benzene rings is 2. The molecule has 0 aromatic heterocycles. The summed E-state index contributed by atoms with van der Waals surface area (Å²) in [4.78, 5) is 34.4. The molecule has 0 radical (unpaired) electrons. The maximum atomic E-state index is 12.5. The van der Waals surface area contributed by atoms with Crippen LogP contribution in [0.15, 0.2) is 30.3 Å². The monoisotopic (exact) mass is 452 g/mol. The minimum Gasteiger partial charge on any atom is -0.507 e. The van der Waals surface area contributed by atoms with Crippen molar-refractivity contribution in [3.63, 3.8) is 0 Å². The Bertz CT molecular complexity index is 982. The quantitative estimate of drug-likeness (QED) is 0.504. The van der Waals surface area contributed by atoms with Crippen LogP contribution in [0.3, 0.4) is 0 Å². The van der Waals surface area contributed by atoms with E-state index in [9.17, 15) is 19.5 Å². The number of phenols is 1. The largest absolute Gasteiger partial charge is 0.507 e. The van der Waals surface area contributed by atoms with Gasteiger partial charge >= 0.3 is 11.9 Å². The third-order valence-electron chi connectivity index (χ3n) is 4.57. The van der Waals surface area contributed by atoms with Gasteiger partial charge < -0.3 is 25.6 Å². The summed E-state index contributed by atoms with van der Waals surface area (Å²) in [6.07, 6.45) is 3.91. The Hall–Kier alpha value is -2.97. The summed E-state index contributed by atoms with van der Waals surface area (Å²) < 4.78 is 5.68. The second-order valence-corrected chi connectivity index (χ2v) is 7.58. The molecular formula is C20H18Cl2N2O6. The van der Waals surface area contributed by atoms with Crippen molar-refractivity contribution >= 4 is 46.7 Å². The fourth-order valence-electron chi connectivity index (χ4n) is 3.13. The Morgan fingerprint density at radius 2 is 1.67 bits per heavy atom. The summed E-state index contributed by atoms with van der Waals surface area (Å²) in [6.45, 7) is 0. The van der Waals surface area contributed by atoms with Gasteiger partial charge in [-0.05, 0) is 43.2 Å². The number of carboxylic acid groups (broad SMARTS) is 1. The number of halogens is 2. The van der Waals surface area contributed by atoms with Crippen molar-refractivity contribution < 1.29 is 29.3 Å². The highest BCUT2D eigenvalue weighted by Gasteiger charge is 2.21. The van der Waals surface area contributed by atoms with Crippen molar-refractivity contribution in [3.8, 4) is 17.2 Å². The maximum absolute atomic E-state index is 12.5. The number of carbonyl (C=O) groups is 3. The zero-order valence-corrected chi connectivity index (χ0v) is 17.1. The molecule has 0 bridgehead atoms. The van der Waals surface area contributed by atoms with Gasteiger partial charge in [0.1, 0.15) is 11.5 Å². The SMILES string of the molecule is O=C(O)C(=O)Nc1cc(Cl)c(Oc2ccc(O)c(C(=O)NC3CCCC3)c2)c(Cl)c1. The van der Waals surface area contributed by atoms with Gasteiger partial charge in [0, 0.05) is 11.7 Å². The molecule has 2 aromatic carbocycles. The fourth-order valence-corrected chi connectivity index (χ4v) is 3.69. The van der Waals surface area contributed by atoms with Crippen molar-refractivity contribution in [1.29, 1.82) is 0 Å². The van der Waals surface area contributed by atoms with E-state index in [-0.39, 0.29) is 44.6 Å². The van der Waals surface area contributed by atoms with E-state index < -0.39 is 17.8 Å². The number of hydrogen-bond donors (Lipinski definition) is 4. The van der Waals surface area contributed by atoms with E-state index in [2.05, 4.69) is 10.6 Å². The Balaban J connectivity index is 1.79. The molecule has 1 fully saturated rings. The number of hydrogen-bond acceptors (Lipinski definition) is 5. The zero-order chi connectivity index (χ0) is 21.8. The molecule has 2 aromatic rings. The van der Waals surface area contributed by atoms with Crippen LogP contribution in [0, 0.1) is 0 Å². The molecule has 1 saturated carbocycles. The van der Waals surface area contributed by atoms with Gasteiger partial charge in [-0.2, -0.15) is 0 Å². The number of ether oxygens (including phenoxy) is 1. The van der Waals surface area contributed by atoms with Crippen LogP contribution in [0.1, 0.15) is 36.0 Å². The summed E-state index contributed by atoms with van der Waals surface area (Å²) in [6, 6.07) is 6.76. The molecule has 4 N–H and O–H groups in total. The molecule has 0 spiro atoms. The highest BCUT2D eigenvalue weighted by molar-refractivity contribution is 6.39. The van der Waals surface area contributed by atoms with Crippen LogP contribution in [0.2, 0.25) is 10.0 Å². The molecule has 30 heavy (non-hydrogen) atoms. The standard InChI is InChI=1S/C20H18Cl2N2O6/c21-14-7-11(24-19(27)20(28)29)8-15(22)17(14)30-12-5-6-16(25)13(9-12)18(26)23-10-3-1-2-4-10/h5-10,25H,1-4H2,(H,23,26)(H,24,27)(H,28,29). The molecular weight excluding hydrogens is 435 g/mol. The minimum absolute atomic E-state index is 0.00761. The van der Waals surface area contributed by atoms with E-state index >= 15 is 0 Å². The minimum atomic E-state index is -1.66. The molecule has 0 aliphatic heterocycles. The van der Waals surface area contributed by atoms with Gasteiger partial charge in [0.05, 0.1) is 15.6 Å². The first-order valence-corrected chi connectivity index (χ1v) is 9.85. The van der Waals surface area contributed by atoms with Crippen LogP contribution >= 0.6 is 23.2 Å². The molecule has 1 aliphatic rings. The molecule has 0 heterocycles. The molecule has 0 saturated heterocycles. The second kappa shape index (κ2) is 9.23. The predicted molar refractivity (Wildman–Crippen MR) is 111 cm³/mol. The van der Waals surface area contributed by atoms with E-state index in [0.29, 0.717) is 0 Å². The lowest BCUT2D eigenvalue weighted by molar-refractivity contribution is -0.147. The molecule has 10 heteroatoms. The van der Waals surface area contributed by atoms with Crippen molar-refractivity contribution in [3.05, 3.63) is 45.9 Å². The summed E-state index contributed by atoms with van der Waals surface area (Å²) in [5, 5.41) is 23.8. The number of carboxylic acids is 1. The van der Waals surface area contributed by atoms with Gasteiger partial charge in [-0.1, -0.05) is 36.0 Å². The topological polar surface area (TPSA) is 125 Å².